The molecule has 0 amide bonds. The number of nitrogens with zero attached hydrogens (tertiary/aromatic N) is 7. The van der Waals surface area contributed by atoms with Crippen LogP contribution in [-0.4, -0.2) is 53.2 Å². The second kappa shape index (κ2) is 6.28. The molecule has 4 aromatic rings. The number of fused-ring (bicyclic) bond motifs is 1. The Balaban J connectivity index is 1.39. The highest BCUT2D eigenvalue weighted by Gasteiger charge is 2.08. The van der Waals surface area contributed by atoms with Gasteiger partial charge in [-0.05, 0) is 22.6 Å². The van der Waals surface area contributed by atoms with Crippen LogP contribution in [0.5, 0.6) is 0 Å². The first kappa shape index (κ1) is 14.1. The Morgan fingerprint density at radius 2 is 1.88 bits per heavy atom. The summed E-state index contributed by atoms with van der Waals surface area (Å²) in [6.07, 6.45) is 3.08. The zero-order valence-electron chi connectivity index (χ0n) is 12.6. The van der Waals surface area contributed by atoms with E-state index in [4.69, 9.17) is 0 Å². The zero-order valence-corrected chi connectivity index (χ0v) is 12.6. The minimum absolute atomic E-state index is 0.581. The van der Waals surface area contributed by atoms with E-state index in [1.54, 1.807) is 11.0 Å². The molecule has 0 spiro atoms. The van der Waals surface area contributed by atoms with Crippen molar-refractivity contribution in [2.45, 2.75) is 0 Å². The summed E-state index contributed by atoms with van der Waals surface area (Å²) in [5, 5.41) is 18.1. The van der Waals surface area contributed by atoms with E-state index in [-0.39, 0.29) is 0 Å². The molecular weight excluding hydrogens is 308 g/mol. The topological polar surface area (TPSA) is 122 Å². The minimum atomic E-state index is 0.581. The van der Waals surface area contributed by atoms with E-state index in [1.807, 2.05) is 30.3 Å². The van der Waals surface area contributed by atoms with Crippen LogP contribution < -0.4 is 10.6 Å². The van der Waals surface area contributed by atoms with Crippen LogP contribution in [0.1, 0.15) is 0 Å². The summed E-state index contributed by atoms with van der Waals surface area (Å²) in [6, 6.07) is 9.70. The molecule has 0 saturated heterocycles. The summed E-state index contributed by atoms with van der Waals surface area (Å²) >= 11 is 0. The van der Waals surface area contributed by atoms with Crippen LogP contribution in [0.3, 0.4) is 0 Å². The molecule has 0 aliphatic heterocycles. The third kappa shape index (κ3) is 2.72. The van der Waals surface area contributed by atoms with Gasteiger partial charge >= 0.3 is 0 Å². The van der Waals surface area contributed by atoms with Gasteiger partial charge in [-0.2, -0.15) is 4.68 Å². The normalized spacial score (nSPS) is 10.8. The van der Waals surface area contributed by atoms with Crippen molar-refractivity contribution in [3.8, 4) is 5.69 Å². The second-order valence-electron chi connectivity index (χ2n) is 4.93. The molecule has 0 atom stereocenters. The largest absolute Gasteiger partial charge is 0.366 e. The lowest BCUT2D eigenvalue weighted by atomic mass is 10.3. The molecule has 0 unspecified atom stereocenters. The molecule has 10 nitrogen and oxygen atoms in total. The van der Waals surface area contributed by atoms with Crippen molar-refractivity contribution in [2.24, 2.45) is 0 Å². The van der Waals surface area contributed by atoms with Gasteiger partial charge in [0.25, 0.3) is 0 Å². The number of aromatic nitrogens is 8. The van der Waals surface area contributed by atoms with Crippen LogP contribution in [0.15, 0.2) is 43.0 Å². The molecule has 0 fully saturated rings. The molecule has 3 N–H and O–H groups in total. The first-order valence-electron chi connectivity index (χ1n) is 7.37. The highest BCUT2D eigenvalue weighted by atomic mass is 15.6. The van der Waals surface area contributed by atoms with Gasteiger partial charge in [0, 0.05) is 13.1 Å². The molecule has 0 aliphatic carbocycles. The zero-order chi connectivity index (χ0) is 16.2. The molecule has 3 aromatic heterocycles. The van der Waals surface area contributed by atoms with E-state index in [0.717, 1.165) is 11.2 Å². The van der Waals surface area contributed by atoms with Gasteiger partial charge in [-0.15, -0.1) is 0 Å². The number of aromatic amines is 1. The summed E-state index contributed by atoms with van der Waals surface area (Å²) < 4.78 is 1.65. The third-order valence-electron chi connectivity index (χ3n) is 3.39. The molecule has 1 aromatic carbocycles. The Morgan fingerprint density at radius 1 is 1.00 bits per heavy atom. The monoisotopic (exact) mass is 322 g/mol. The Bertz CT molecular complexity index is 929. The average molecular weight is 322 g/mol. The lowest BCUT2D eigenvalue weighted by Crippen LogP contribution is -2.17. The quantitative estimate of drug-likeness (QED) is 0.447. The van der Waals surface area contributed by atoms with Crippen LogP contribution in [0.4, 0.5) is 11.8 Å². The highest BCUT2D eigenvalue weighted by Crippen LogP contribution is 2.14. The van der Waals surface area contributed by atoms with E-state index in [2.05, 4.69) is 46.1 Å². The van der Waals surface area contributed by atoms with Crippen molar-refractivity contribution in [2.75, 3.05) is 23.7 Å². The minimum Gasteiger partial charge on any atom is -0.366 e. The van der Waals surface area contributed by atoms with Gasteiger partial charge in [0.1, 0.15) is 11.8 Å². The Kier molecular flexibility index (Phi) is 3.68. The maximum absolute atomic E-state index is 4.21. The van der Waals surface area contributed by atoms with E-state index in [1.165, 1.54) is 6.33 Å². The number of rotatable bonds is 6. The number of imidazole rings is 1. The van der Waals surface area contributed by atoms with Gasteiger partial charge in [0.15, 0.2) is 11.5 Å². The number of tetrazole rings is 1. The first-order chi connectivity index (χ1) is 11.9. The van der Waals surface area contributed by atoms with Crippen molar-refractivity contribution in [1.29, 1.82) is 0 Å². The van der Waals surface area contributed by atoms with Crippen molar-refractivity contribution < 1.29 is 0 Å². The number of hydrogen-bond acceptors (Lipinski definition) is 8. The van der Waals surface area contributed by atoms with E-state index in [0.29, 0.717) is 30.5 Å². The van der Waals surface area contributed by atoms with E-state index in [9.17, 15) is 0 Å². The fourth-order valence-electron chi connectivity index (χ4n) is 2.29. The van der Waals surface area contributed by atoms with Gasteiger partial charge in [-0.3, -0.25) is 0 Å². The van der Waals surface area contributed by atoms with Crippen LogP contribution in [0.2, 0.25) is 0 Å². The van der Waals surface area contributed by atoms with Crippen molar-refractivity contribution in [1.82, 2.24) is 40.1 Å². The molecule has 3 heterocycles. The predicted molar refractivity (Wildman–Crippen MR) is 87.8 cm³/mol. The molecule has 0 bridgehead atoms. The Labute approximate surface area is 136 Å². The summed E-state index contributed by atoms with van der Waals surface area (Å²) in [5.74, 6) is 1.29. The first-order valence-corrected chi connectivity index (χ1v) is 7.37. The van der Waals surface area contributed by atoms with Crippen LogP contribution in [0.25, 0.3) is 16.9 Å². The van der Waals surface area contributed by atoms with Crippen molar-refractivity contribution in [3.63, 3.8) is 0 Å². The van der Waals surface area contributed by atoms with Crippen LogP contribution in [-0.2, 0) is 0 Å². The number of para-hydroxylation sites is 1. The predicted octanol–water partition coefficient (Wildman–Crippen LogP) is 0.853. The standard InChI is InChI=1S/C14H14N10/c1-2-4-10(5-3-1)24-14(21-22-23-24)16-7-6-15-12-11-13(18-8-17-11)20-9-19-12/h1-5,8-9H,6-7H2,(H,16,21,23)(H2,15,17,18,19,20). The van der Waals surface area contributed by atoms with Gasteiger partial charge in [0.2, 0.25) is 5.95 Å². The molecule has 0 saturated carbocycles. The maximum atomic E-state index is 4.21. The second-order valence-corrected chi connectivity index (χ2v) is 4.93. The maximum Gasteiger partial charge on any atom is 0.247 e. The number of anilines is 2. The molecule has 120 valence electrons. The van der Waals surface area contributed by atoms with Gasteiger partial charge in [-0.25, -0.2) is 15.0 Å². The Hall–Kier alpha value is -3.56. The fraction of sp³-hybridized carbons (Fsp3) is 0.143. The van der Waals surface area contributed by atoms with Crippen molar-refractivity contribution >= 4 is 22.9 Å². The number of nitrogens with one attached hydrogen (secondary N) is 3. The average Bonchev–Trinajstić information content (AvgIpc) is 3.29. The Morgan fingerprint density at radius 3 is 2.79 bits per heavy atom. The van der Waals surface area contributed by atoms with Crippen LogP contribution in [0, 0.1) is 0 Å². The SMILES string of the molecule is c1ccc(-n2nnnc2NCCNc2ncnc3nc[nH]c23)cc1. The van der Waals surface area contributed by atoms with Gasteiger partial charge in [-0.1, -0.05) is 23.3 Å². The molecule has 0 aliphatic rings. The fourth-order valence-corrected chi connectivity index (χ4v) is 2.29. The lowest BCUT2D eigenvalue weighted by Gasteiger charge is -2.08. The van der Waals surface area contributed by atoms with Gasteiger partial charge in [0.05, 0.1) is 12.0 Å². The number of benzene rings is 1. The number of H-pyrrole nitrogens is 1. The van der Waals surface area contributed by atoms with Crippen molar-refractivity contribution in [3.05, 3.63) is 43.0 Å². The summed E-state index contributed by atoms with van der Waals surface area (Å²) in [5.41, 5.74) is 2.31. The molecule has 0 radical (unpaired) electrons. The van der Waals surface area contributed by atoms with Gasteiger partial charge < -0.3 is 15.6 Å². The summed E-state index contributed by atoms with van der Waals surface area (Å²) in [4.78, 5) is 15.4. The van der Waals surface area contributed by atoms with E-state index >= 15 is 0 Å². The highest BCUT2D eigenvalue weighted by molar-refractivity contribution is 5.81. The summed E-state index contributed by atoms with van der Waals surface area (Å²) in [7, 11) is 0. The number of hydrogen-bond donors (Lipinski definition) is 3. The lowest BCUT2D eigenvalue weighted by molar-refractivity contribution is 0.789. The third-order valence-corrected chi connectivity index (χ3v) is 3.39. The molecule has 4 rings (SSSR count). The molecule has 24 heavy (non-hydrogen) atoms. The van der Waals surface area contributed by atoms with Crippen LogP contribution >= 0.6 is 0 Å². The summed E-state index contributed by atoms with van der Waals surface area (Å²) in [6.45, 7) is 1.25. The van der Waals surface area contributed by atoms with E-state index < -0.39 is 0 Å². The smallest absolute Gasteiger partial charge is 0.247 e. The molecule has 10 heteroatoms. The molecular formula is C14H14N10.